The Morgan fingerprint density at radius 1 is 1.14 bits per heavy atom. The molecular weight excluding hydrogens is 290 g/mol. The predicted octanol–water partition coefficient (Wildman–Crippen LogP) is 2.87. The average molecular weight is 321 g/mol. The van der Waals surface area contributed by atoms with Crippen molar-refractivity contribution < 1.29 is 5.32 Å². The second-order valence-electron chi connectivity index (χ2n) is 8.07. The lowest BCUT2D eigenvalue weighted by Gasteiger charge is -2.43. The minimum atomic E-state index is 0.244. The lowest BCUT2D eigenvalue weighted by Crippen LogP contribution is -3.06. The number of piperidine rings is 1. The van der Waals surface area contributed by atoms with E-state index in [1.54, 1.807) is 0 Å². The Hall–Kier alpha value is -1.13. The fourth-order valence-electron chi connectivity index (χ4n) is 3.85. The molecule has 0 aliphatic carbocycles. The van der Waals surface area contributed by atoms with Gasteiger partial charge in [-0.2, -0.15) is 0 Å². The van der Waals surface area contributed by atoms with E-state index in [2.05, 4.69) is 75.7 Å². The van der Waals surface area contributed by atoms with Crippen LogP contribution < -0.4 is 16.0 Å². The largest absolute Gasteiger partial charge is 0.359 e. The van der Waals surface area contributed by atoms with Crippen molar-refractivity contribution in [3.05, 3.63) is 29.3 Å². The van der Waals surface area contributed by atoms with Crippen molar-refractivity contribution in [2.45, 2.75) is 71.5 Å². The fraction of sp³-hybridized carbons (Fsp3) is 0.611. The summed E-state index contributed by atoms with van der Waals surface area (Å²) in [5.74, 6) is 0. The van der Waals surface area contributed by atoms with E-state index in [1.807, 2.05) is 0 Å². The Kier molecular flexibility index (Phi) is 4.83. The Bertz CT molecular complexity index is 547. The molecule has 0 bridgehead atoms. The molecule has 1 aromatic carbocycles. The summed E-state index contributed by atoms with van der Waals surface area (Å²) in [6.45, 7) is 13.5. The van der Waals surface area contributed by atoms with Gasteiger partial charge in [-0.3, -0.25) is 0 Å². The molecule has 0 radical (unpaired) electrons. The zero-order valence-electron chi connectivity index (χ0n) is 14.7. The van der Waals surface area contributed by atoms with Crippen molar-refractivity contribution in [1.29, 1.82) is 0 Å². The summed E-state index contributed by atoms with van der Waals surface area (Å²) in [4.78, 5) is 0. The topological polar surface area (TPSA) is 40.7 Å². The van der Waals surface area contributed by atoms with Gasteiger partial charge in [0.1, 0.15) is 0 Å². The van der Waals surface area contributed by atoms with Crippen molar-refractivity contribution in [1.82, 2.24) is 5.32 Å². The van der Waals surface area contributed by atoms with Crippen molar-refractivity contribution >= 4 is 23.0 Å². The smallest absolute Gasteiger partial charge is 0.171 e. The molecule has 1 fully saturated rings. The molecule has 4 heteroatoms. The van der Waals surface area contributed by atoms with E-state index < -0.39 is 0 Å². The maximum absolute atomic E-state index is 5.54. The summed E-state index contributed by atoms with van der Waals surface area (Å²) in [5.41, 5.74) is 4.12. The highest BCUT2D eigenvalue weighted by molar-refractivity contribution is 7.80. The molecule has 22 heavy (non-hydrogen) atoms. The van der Waals surface area contributed by atoms with Crippen molar-refractivity contribution in [2.24, 2.45) is 0 Å². The first-order valence-electron chi connectivity index (χ1n) is 8.09. The Balaban J connectivity index is 2.01. The fourth-order valence-corrected chi connectivity index (χ4v) is 4.13. The van der Waals surface area contributed by atoms with Crippen LogP contribution in [0.25, 0.3) is 0 Å². The van der Waals surface area contributed by atoms with Crippen molar-refractivity contribution in [2.75, 3.05) is 5.32 Å². The molecule has 0 atom stereocenters. The predicted molar refractivity (Wildman–Crippen MR) is 98.4 cm³/mol. The molecule has 1 aliphatic rings. The first kappa shape index (κ1) is 17.2. The van der Waals surface area contributed by atoms with Crippen LogP contribution in [0.4, 0.5) is 5.69 Å². The molecule has 0 amide bonds. The van der Waals surface area contributed by atoms with Gasteiger partial charge in [0.2, 0.25) is 0 Å². The molecule has 0 aromatic heterocycles. The molecule has 4 N–H and O–H groups in total. The molecule has 122 valence electrons. The van der Waals surface area contributed by atoms with Gasteiger partial charge in [0.25, 0.3) is 0 Å². The summed E-state index contributed by atoms with van der Waals surface area (Å²) in [5, 5.41) is 10.1. The van der Waals surface area contributed by atoms with Crippen molar-refractivity contribution in [3.63, 3.8) is 0 Å². The number of quaternary nitrogens is 1. The Morgan fingerprint density at radius 3 is 2.32 bits per heavy atom. The summed E-state index contributed by atoms with van der Waals surface area (Å²) in [6, 6.07) is 6.69. The lowest BCUT2D eigenvalue weighted by molar-refractivity contribution is -0.787. The van der Waals surface area contributed by atoms with Gasteiger partial charge in [-0.15, -0.1) is 0 Å². The minimum Gasteiger partial charge on any atom is -0.359 e. The van der Waals surface area contributed by atoms with Crippen LogP contribution in [0.5, 0.6) is 0 Å². The third kappa shape index (κ3) is 4.43. The van der Waals surface area contributed by atoms with Crippen LogP contribution in [0.3, 0.4) is 0 Å². The zero-order chi connectivity index (χ0) is 16.5. The van der Waals surface area contributed by atoms with Gasteiger partial charge in [0.05, 0.1) is 11.1 Å². The number of hydrogen-bond acceptors (Lipinski definition) is 1. The lowest BCUT2D eigenvalue weighted by atomic mass is 9.80. The molecule has 1 heterocycles. The van der Waals surface area contributed by atoms with Gasteiger partial charge in [-0.05, 0) is 71.0 Å². The van der Waals surface area contributed by atoms with Gasteiger partial charge >= 0.3 is 0 Å². The highest BCUT2D eigenvalue weighted by atomic mass is 32.1. The maximum Gasteiger partial charge on any atom is 0.171 e. The highest BCUT2D eigenvalue weighted by Gasteiger charge is 2.41. The Labute approximate surface area is 140 Å². The molecule has 2 rings (SSSR count). The van der Waals surface area contributed by atoms with E-state index in [0.717, 1.165) is 23.6 Å². The van der Waals surface area contributed by atoms with Crippen LogP contribution in [0.2, 0.25) is 0 Å². The van der Waals surface area contributed by atoms with Crippen LogP contribution in [-0.4, -0.2) is 22.2 Å². The SMILES string of the molecule is Cc1cccc(NC(=S)NC2CC(C)(C)[NH2+]C(C)(C)C2)c1C. The molecule has 3 nitrogen and oxygen atoms in total. The number of hydrogen-bond donors (Lipinski definition) is 3. The average Bonchev–Trinajstić information content (AvgIpc) is 2.30. The molecule has 1 aromatic rings. The third-order valence-electron chi connectivity index (χ3n) is 4.51. The van der Waals surface area contributed by atoms with E-state index in [-0.39, 0.29) is 11.1 Å². The minimum absolute atomic E-state index is 0.244. The number of rotatable bonds is 2. The normalized spacial score (nSPS) is 20.5. The van der Waals surface area contributed by atoms with E-state index in [9.17, 15) is 0 Å². The first-order valence-corrected chi connectivity index (χ1v) is 8.50. The van der Waals surface area contributed by atoms with Crippen LogP contribution >= 0.6 is 12.2 Å². The molecule has 0 spiro atoms. The number of nitrogens with two attached hydrogens (primary N) is 1. The van der Waals surface area contributed by atoms with Crippen molar-refractivity contribution in [3.8, 4) is 0 Å². The third-order valence-corrected chi connectivity index (χ3v) is 4.73. The monoisotopic (exact) mass is 320 g/mol. The van der Waals surface area contributed by atoms with Gasteiger partial charge in [-0.1, -0.05) is 12.1 Å². The van der Waals surface area contributed by atoms with Crippen LogP contribution in [0.1, 0.15) is 51.7 Å². The summed E-state index contributed by atoms with van der Waals surface area (Å²) < 4.78 is 0. The summed E-state index contributed by atoms with van der Waals surface area (Å²) in [7, 11) is 0. The first-order chi connectivity index (χ1) is 10.1. The number of anilines is 1. The second kappa shape index (κ2) is 6.17. The van der Waals surface area contributed by atoms with Gasteiger partial charge in [-0.25, -0.2) is 0 Å². The van der Waals surface area contributed by atoms with Gasteiger partial charge in [0, 0.05) is 24.6 Å². The molecule has 0 unspecified atom stereocenters. The van der Waals surface area contributed by atoms with Gasteiger partial charge < -0.3 is 16.0 Å². The van der Waals surface area contributed by atoms with Crippen LogP contribution in [0.15, 0.2) is 18.2 Å². The van der Waals surface area contributed by atoms with E-state index in [4.69, 9.17) is 12.2 Å². The highest BCUT2D eigenvalue weighted by Crippen LogP contribution is 2.22. The van der Waals surface area contributed by atoms with E-state index >= 15 is 0 Å². The summed E-state index contributed by atoms with van der Waals surface area (Å²) in [6.07, 6.45) is 2.23. The standard InChI is InChI=1S/C18H29N3S/c1-12-8-7-9-15(13(12)2)20-16(22)19-14-10-17(3,4)21-18(5,6)11-14/h7-9,14,21H,10-11H2,1-6H3,(H2,19,20,22)/p+1. The molecule has 1 aliphatic heterocycles. The van der Waals surface area contributed by atoms with Crippen LogP contribution in [-0.2, 0) is 0 Å². The van der Waals surface area contributed by atoms with E-state index in [0.29, 0.717) is 6.04 Å². The molecule has 0 saturated carbocycles. The van der Waals surface area contributed by atoms with E-state index in [1.165, 1.54) is 11.1 Å². The van der Waals surface area contributed by atoms with Gasteiger partial charge in [0.15, 0.2) is 5.11 Å². The molecule has 1 saturated heterocycles. The number of thiocarbonyl (C=S) groups is 1. The molecular formula is C18H30N3S+. The maximum atomic E-state index is 5.54. The second-order valence-corrected chi connectivity index (χ2v) is 8.48. The number of benzene rings is 1. The zero-order valence-corrected chi connectivity index (χ0v) is 15.5. The number of aryl methyl sites for hydroxylation is 1. The number of nitrogens with one attached hydrogen (secondary N) is 2. The Morgan fingerprint density at radius 2 is 1.73 bits per heavy atom. The van der Waals surface area contributed by atoms with Crippen LogP contribution in [0, 0.1) is 13.8 Å². The quantitative estimate of drug-likeness (QED) is 0.734. The summed E-state index contributed by atoms with van der Waals surface area (Å²) >= 11 is 5.54.